The monoisotopic (exact) mass is 319 g/mol. The first-order valence-corrected chi connectivity index (χ1v) is 9.12. The highest BCUT2D eigenvalue weighted by atomic mass is 35.5. The first kappa shape index (κ1) is 17.4. The average molecular weight is 320 g/mol. The fourth-order valence-electron chi connectivity index (χ4n) is 2.54. The molecule has 7 heteroatoms. The second kappa shape index (κ2) is 7.39. The summed E-state index contributed by atoms with van der Waals surface area (Å²) in [5.41, 5.74) is 0. The Morgan fingerprint density at radius 1 is 1.55 bits per heavy atom. The lowest BCUT2D eigenvalue weighted by molar-refractivity contribution is 0.262. The Kier molecular flexibility index (Phi) is 6.44. The van der Waals surface area contributed by atoms with E-state index in [0.29, 0.717) is 24.6 Å². The van der Waals surface area contributed by atoms with Gasteiger partial charge in [-0.3, -0.25) is 0 Å². The van der Waals surface area contributed by atoms with Crippen molar-refractivity contribution in [2.24, 2.45) is 17.8 Å². The molecule has 3 atom stereocenters. The van der Waals surface area contributed by atoms with Gasteiger partial charge >= 0.3 is 0 Å². The number of nitrogens with one attached hydrogen (secondary N) is 1. The van der Waals surface area contributed by atoms with Crippen molar-refractivity contribution in [3.8, 4) is 6.07 Å². The first-order chi connectivity index (χ1) is 9.35. The van der Waals surface area contributed by atoms with Crippen molar-refractivity contribution >= 4 is 27.8 Å². The zero-order valence-electron chi connectivity index (χ0n) is 11.9. The molecule has 0 bridgehead atoms. The van der Waals surface area contributed by atoms with Gasteiger partial charge in [-0.1, -0.05) is 0 Å². The smallest absolute Gasteiger partial charge is 0.211 e. The number of nitrogens with zero attached hydrogens (tertiary/aromatic N) is 2. The van der Waals surface area contributed by atoms with Crippen LogP contribution < -0.4 is 0 Å². The summed E-state index contributed by atoms with van der Waals surface area (Å²) in [4.78, 5) is 0. The predicted molar refractivity (Wildman–Crippen MR) is 80.4 cm³/mol. The van der Waals surface area contributed by atoms with Crippen molar-refractivity contribution in [1.82, 2.24) is 4.31 Å². The molecule has 1 saturated carbocycles. The molecule has 114 valence electrons. The minimum Gasteiger partial charge on any atom is -0.312 e. The molecule has 5 nitrogen and oxygen atoms in total. The van der Waals surface area contributed by atoms with Crippen molar-refractivity contribution in [3.63, 3.8) is 0 Å². The molecule has 0 heterocycles. The van der Waals surface area contributed by atoms with Gasteiger partial charge in [0.2, 0.25) is 10.0 Å². The molecule has 0 aromatic heterocycles. The van der Waals surface area contributed by atoms with Gasteiger partial charge in [0.25, 0.3) is 0 Å². The summed E-state index contributed by atoms with van der Waals surface area (Å²) < 4.78 is 24.9. The molecule has 0 aromatic rings. The van der Waals surface area contributed by atoms with E-state index in [-0.39, 0.29) is 12.0 Å². The minimum absolute atomic E-state index is 0.0650. The maximum Gasteiger partial charge on any atom is 0.211 e. The van der Waals surface area contributed by atoms with Crippen LogP contribution in [0.15, 0.2) is 0 Å². The van der Waals surface area contributed by atoms with Gasteiger partial charge in [0, 0.05) is 25.2 Å². The molecular formula is C13H22ClN3O2S. The average Bonchev–Trinajstić information content (AvgIpc) is 3.19. The summed E-state index contributed by atoms with van der Waals surface area (Å²) in [7, 11) is -1.65. The Hall–Kier alpha value is -0.640. The van der Waals surface area contributed by atoms with Crippen molar-refractivity contribution < 1.29 is 8.42 Å². The molecule has 0 aromatic carbocycles. The van der Waals surface area contributed by atoms with Crippen LogP contribution >= 0.6 is 11.6 Å². The zero-order valence-corrected chi connectivity index (χ0v) is 13.5. The molecule has 0 radical (unpaired) electrons. The summed E-state index contributed by atoms with van der Waals surface area (Å²) in [6.45, 7) is 0. The largest absolute Gasteiger partial charge is 0.312 e. The van der Waals surface area contributed by atoms with E-state index in [1.54, 1.807) is 7.05 Å². The molecule has 1 rings (SSSR count). The molecule has 3 unspecified atom stereocenters. The Morgan fingerprint density at radius 2 is 2.15 bits per heavy atom. The second-order valence-electron chi connectivity index (χ2n) is 5.48. The lowest BCUT2D eigenvalue weighted by Crippen LogP contribution is -2.40. The van der Waals surface area contributed by atoms with E-state index in [9.17, 15) is 8.42 Å². The third kappa shape index (κ3) is 4.72. The Morgan fingerprint density at radius 3 is 2.50 bits per heavy atom. The number of hydrogen-bond acceptors (Lipinski definition) is 4. The van der Waals surface area contributed by atoms with Gasteiger partial charge in [0.05, 0.1) is 18.2 Å². The minimum atomic E-state index is -3.25. The second-order valence-corrected chi connectivity index (χ2v) is 7.90. The fraction of sp³-hybridized carbons (Fsp3) is 0.846. The van der Waals surface area contributed by atoms with Gasteiger partial charge in [-0.15, -0.1) is 11.6 Å². The highest BCUT2D eigenvalue weighted by Crippen LogP contribution is 2.40. The Bertz CT molecular complexity index is 470. The van der Waals surface area contributed by atoms with E-state index >= 15 is 0 Å². The van der Waals surface area contributed by atoms with Crippen LogP contribution in [0.5, 0.6) is 0 Å². The van der Waals surface area contributed by atoms with Crippen LogP contribution in [0.25, 0.3) is 0 Å². The van der Waals surface area contributed by atoms with Gasteiger partial charge < -0.3 is 5.41 Å². The Labute approximate surface area is 126 Å². The number of hydrogen-bond donors (Lipinski definition) is 1. The molecule has 0 spiro atoms. The summed E-state index contributed by atoms with van der Waals surface area (Å²) >= 11 is 5.79. The van der Waals surface area contributed by atoms with Crippen molar-refractivity contribution in [3.05, 3.63) is 0 Å². The molecule has 1 aliphatic carbocycles. The molecular weight excluding hydrogens is 298 g/mol. The molecule has 0 amide bonds. The van der Waals surface area contributed by atoms with Crippen molar-refractivity contribution in [2.45, 2.75) is 31.7 Å². The highest BCUT2D eigenvalue weighted by molar-refractivity contribution is 7.88. The van der Waals surface area contributed by atoms with Crippen LogP contribution in [0.1, 0.15) is 25.7 Å². The SMILES string of the molecule is CN(C(CC(CCCl)C(C#N)C=N)C1CC1)S(C)(=O)=O. The molecule has 1 aliphatic rings. The summed E-state index contributed by atoms with van der Waals surface area (Å²) in [5, 5.41) is 16.5. The van der Waals surface area contributed by atoms with Crippen molar-refractivity contribution in [2.75, 3.05) is 19.2 Å². The molecule has 0 aliphatic heterocycles. The summed E-state index contributed by atoms with van der Waals surface area (Å²) in [6.07, 6.45) is 5.61. The van der Waals surface area contributed by atoms with Gasteiger partial charge in [-0.2, -0.15) is 5.26 Å². The maximum atomic E-state index is 11.7. The number of alkyl halides is 1. The van der Waals surface area contributed by atoms with Gasteiger partial charge in [0.1, 0.15) is 0 Å². The highest BCUT2D eigenvalue weighted by Gasteiger charge is 2.39. The number of rotatable bonds is 9. The number of sulfonamides is 1. The quantitative estimate of drug-likeness (QED) is 0.521. The molecule has 1 fully saturated rings. The van der Waals surface area contributed by atoms with Crippen LogP contribution in [0, 0.1) is 34.5 Å². The van der Waals surface area contributed by atoms with Crippen LogP contribution in [0.3, 0.4) is 0 Å². The lowest BCUT2D eigenvalue weighted by atomic mass is 9.85. The van der Waals surface area contributed by atoms with E-state index in [0.717, 1.165) is 19.1 Å². The maximum absolute atomic E-state index is 11.7. The number of nitriles is 1. The predicted octanol–water partition coefficient (Wildman–Crippen LogP) is 2.08. The van der Waals surface area contributed by atoms with E-state index in [1.165, 1.54) is 10.6 Å². The zero-order chi connectivity index (χ0) is 15.3. The van der Waals surface area contributed by atoms with Gasteiger partial charge in [-0.05, 0) is 37.5 Å². The summed E-state index contributed by atoms with van der Waals surface area (Å²) in [5.74, 6) is 0.224. The van der Waals surface area contributed by atoms with Crippen molar-refractivity contribution in [1.29, 1.82) is 10.7 Å². The fourth-order valence-corrected chi connectivity index (χ4v) is 3.57. The third-order valence-corrected chi connectivity index (χ3v) is 5.55. The van der Waals surface area contributed by atoms with Gasteiger partial charge in [0.15, 0.2) is 0 Å². The van der Waals surface area contributed by atoms with Crippen LogP contribution in [-0.2, 0) is 10.0 Å². The normalized spacial score (nSPS) is 20.1. The molecule has 1 N–H and O–H groups in total. The van der Waals surface area contributed by atoms with Crippen LogP contribution in [-0.4, -0.2) is 44.2 Å². The van der Waals surface area contributed by atoms with Crippen LogP contribution in [0.4, 0.5) is 0 Å². The Balaban J connectivity index is 2.86. The third-order valence-electron chi connectivity index (χ3n) is 4.02. The van der Waals surface area contributed by atoms with Crippen LogP contribution in [0.2, 0.25) is 0 Å². The van der Waals surface area contributed by atoms with E-state index < -0.39 is 15.9 Å². The number of halogens is 1. The van der Waals surface area contributed by atoms with E-state index in [2.05, 4.69) is 6.07 Å². The topological polar surface area (TPSA) is 85.0 Å². The standard InChI is InChI=1S/C13H22ClN3O2S/c1-17(20(2,18)19)13(10-3-4-10)7-11(5-6-14)12(8-15)9-16/h8,10-13,15H,3-7H2,1-2H3. The first-order valence-electron chi connectivity index (χ1n) is 6.74. The summed E-state index contributed by atoms with van der Waals surface area (Å²) in [6, 6.07) is 2.02. The van der Waals surface area contributed by atoms with E-state index in [1.807, 2.05) is 0 Å². The van der Waals surface area contributed by atoms with Gasteiger partial charge in [-0.25, -0.2) is 12.7 Å². The van der Waals surface area contributed by atoms with E-state index in [4.69, 9.17) is 22.3 Å². The lowest BCUT2D eigenvalue weighted by Gasteiger charge is -2.30. The molecule has 0 saturated heterocycles. The molecule has 20 heavy (non-hydrogen) atoms.